The topological polar surface area (TPSA) is 112 Å². The number of aromatic nitrogens is 4. The van der Waals surface area contributed by atoms with E-state index in [0.29, 0.717) is 5.16 Å². The number of hydrogen-bond acceptors (Lipinski definition) is 7. The summed E-state index contributed by atoms with van der Waals surface area (Å²) in [7, 11) is 2.85. The van der Waals surface area contributed by atoms with Crippen LogP contribution in [0.3, 0.4) is 0 Å². The van der Waals surface area contributed by atoms with Crippen molar-refractivity contribution in [3.8, 4) is 6.07 Å². The smallest absolute Gasteiger partial charge is 0.332 e. The number of aryl methyl sites for hydroxylation is 1. The molecule has 122 valence electrons. The maximum atomic E-state index is 12.3. The van der Waals surface area contributed by atoms with Crippen LogP contribution in [0.4, 0.5) is 0 Å². The van der Waals surface area contributed by atoms with E-state index >= 15 is 0 Å². The van der Waals surface area contributed by atoms with Crippen molar-refractivity contribution in [2.24, 2.45) is 14.1 Å². The summed E-state index contributed by atoms with van der Waals surface area (Å²) in [6, 6.07) is 1.95. The third kappa shape index (κ3) is 3.00. The lowest BCUT2D eigenvalue weighted by atomic mass is 10.5. The standard InChI is InChI=1S/C13H15N5O4S/c1-4-22-8(19)7-23-12-15-10-9(18(12)6-5-14)11(20)17(3)13(21)16(10)2/h4,6-7H2,1-3H3. The van der Waals surface area contributed by atoms with Gasteiger partial charge in [-0.05, 0) is 6.92 Å². The van der Waals surface area contributed by atoms with E-state index in [0.717, 1.165) is 16.3 Å². The Balaban J connectivity index is 2.60. The zero-order valence-corrected chi connectivity index (χ0v) is 13.7. The molecule has 0 aromatic carbocycles. The molecule has 0 bridgehead atoms. The molecular weight excluding hydrogens is 322 g/mol. The number of esters is 1. The summed E-state index contributed by atoms with van der Waals surface area (Å²) in [4.78, 5) is 40.0. The van der Waals surface area contributed by atoms with Crippen LogP contribution in [0, 0.1) is 11.3 Å². The number of rotatable bonds is 5. The quantitative estimate of drug-likeness (QED) is 0.539. The van der Waals surface area contributed by atoms with E-state index in [4.69, 9.17) is 10.00 Å². The second-order valence-corrected chi connectivity index (χ2v) is 5.55. The van der Waals surface area contributed by atoms with Gasteiger partial charge in [0.2, 0.25) is 0 Å². The number of fused-ring (bicyclic) bond motifs is 1. The van der Waals surface area contributed by atoms with E-state index in [-0.39, 0.29) is 30.1 Å². The van der Waals surface area contributed by atoms with Gasteiger partial charge in [-0.15, -0.1) is 0 Å². The molecule has 0 aliphatic carbocycles. The van der Waals surface area contributed by atoms with Crippen molar-refractivity contribution in [2.75, 3.05) is 12.4 Å². The Kier molecular flexibility index (Phi) is 4.90. The van der Waals surface area contributed by atoms with Gasteiger partial charge in [0.05, 0.1) is 18.4 Å². The average Bonchev–Trinajstić information content (AvgIpc) is 2.88. The minimum atomic E-state index is -0.533. The van der Waals surface area contributed by atoms with Gasteiger partial charge in [0.1, 0.15) is 6.54 Å². The first-order valence-electron chi connectivity index (χ1n) is 6.74. The average molecular weight is 337 g/mol. The first-order chi connectivity index (χ1) is 10.9. The fourth-order valence-corrected chi connectivity index (χ4v) is 2.87. The highest BCUT2D eigenvalue weighted by Gasteiger charge is 2.20. The lowest BCUT2D eigenvalue weighted by Crippen LogP contribution is -2.37. The summed E-state index contributed by atoms with van der Waals surface area (Å²) in [5, 5.41) is 9.30. The number of ether oxygens (including phenoxy) is 1. The second-order valence-electron chi connectivity index (χ2n) is 4.61. The van der Waals surface area contributed by atoms with Gasteiger partial charge in [-0.25, -0.2) is 9.78 Å². The van der Waals surface area contributed by atoms with Gasteiger partial charge in [0.25, 0.3) is 5.56 Å². The molecule has 0 aliphatic rings. The Morgan fingerprint density at radius 2 is 2.04 bits per heavy atom. The summed E-state index contributed by atoms with van der Waals surface area (Å²) < 4.78 is 8.44. The van der Waals surface area contributed by atoms with Gasteiger partial charge in [-0.2, -0.15) is 5.26 Å². The zero-order valence-electron chi connectivity index (χ0n) is 12.9. The highest BCUT2D eigenvalue weighted by atomic mass is 32.2. The molecule has 0 atom stereocenters. The molecule has 0 amide bonds. The third-order valence-corrected chi connectivity index (χ3v) is 4.12. The van der Waals surface area contributed by atoms with Crippen molar-refractivity contribution in [1.82, 2.24) is 18.7 Å². The molecule has 0 fully saturated rings. The molecule has 10 heteroatoms. The Morgan fingerprint density at radius 1 is 1.35 bits per heavy atom. The van der Waals surface area contributed by atoms with E-state index in [1.165, 1.54) is 23.2 Å². The third-order valence-electron chi connectivity index (χ3n) is 3.17. The Morgan fingerprint density at radius 3 is 2.65 bits per heavy atom. The van der Waals surface area contributed by atoms with Gasteiger partial charge in [-0.1, -0.05) is 11.8 Å². The summed E-state index contributed by atoms with van der Waals surface area (Å²) in [6.45, 7) is 1.85. The fourth-order valence-electron chi connectivity index (χ4n) is 2.08. The van der Waals surface area contributed by atoms with Crippen molar-refractivity contribution < 1.29 is 9.53 Å². The van der Waals surface area contributed by atoms with Gasteiger partial charge in [-0.3, -0.25) is 23.3 Å². The van der Waals surface area contributed by atoms with Crippen molar-refractivity contribution in [3.05, 3.63) is 20.8 Å². The summed E-state index contributed by atoms with van der Waals surface area (Å²) in [5.74, 6) is -0.425. The first kappa shape index (κ1) is 16.8. The molecule has 0 aliphatic heterocycles. The minimum Gasteiger partial charge on any atom is -0.465 e. The Labute approximate surface area is 135 Å². The molecule has 2 aromatic heterocycles. The van der Waals surface area contributed by atoms with Crippen LogP contribution in [-0.2, 0) is 30.2 Å². The molecule has 0 saturated heterocycles. The van der Waals surface area contributed by atoms with Crippen LogP contribution >= 0.6 is 11.8 Å². The number of nitrogens with zero attached hydrogens (tertiary/aromatic N) is 5. The van der Waals surface area contributed by atoms with Crippen LogP contribution in [0.2, 0.25) is 0 Å². The molecule has 0 saturated carbocycles. The minimum absolute atomic E-state index is 0.00312. The zero-order chi connectivity index (χ0) is 17.1. The SMILES string of the molecule is CCOC(=O)CSc1nc2c(c(=O)n(C)c(=O)n2C)n1CC#N. The van der Waals surface area contributed by atoms with Crippen LogP contribution < -0.4 is 11.2 Å². The molecular formula is C13H15N5O4S. The van der Waals surface area contributed by atoms with E-state index in [1.54, 1.807) is 6.92 Å². The summed E-state index contributed by atoms with van der Waals surface area (Å²) in [5.41, 5.74) is -0.706. The molecule has 0 radical (unpaired) electrons. The number of carbonyl (C=O) groups excluding carboxylic acids is 1. The highest BCUT2D eigenvalue weighted by Crippen LogP contribution is 2.21. The molecule has 2 rings (SSSR count). The van der Waals surface area contributed by atoms with Crippen molar-refractivity contribution in [3.63, 3.8) is 0 Å². The fraction of sp³-hybridized carbons (Fsp3) is 0.462. The monoisotopic (exact) mass is 337 g/mol. The van der Waals surface area contributed by atoms with Crippen LogP contribution in [0.1, 0.15) is 6.92 Å². The van der Waals surface area contributed by atoms with Gasteiger partial charge < -0.3 is 4.74 Å². The van der Waals surface area contributed by atoms with Crippen molar-refractivity contribution in [1.29, 1.82) is 5.26 Å². The maximum Gasteiger partial charge on any atom is 0.332 e. The van der Waals surface area contributed by atoms with E-state index < -0.39 is 17.2 Å². The summed E-state index contributed by atoms with van der Waals surface area (Å²) in [6.07, 6.45) is 0. The Bertz CT molecular complexity index is 918. The van der Waals surface area contributed by atoms with Crippen LogP contribution in [0.25, 0.3) is 11.2 Å². The van der Waals surface area contributed by atoms with Crippen molar-refractivity contribution in [2.45, 2.75) is 18.6 Å². The van der Waals surface area contributed by atoms with E-state index in [1.807, 2.05) is 6.07 Å². The van der Waals surface area contributed by atoms with Gasteiger partial charge in [0, 0.05) is 14.1 Å². The van der Waals surface area contributed by atoms with Gasteiger partial charge >= 0.3 is 11.7 Å². The normalized spacial score (nSPS) is 10.7. The molecule has 0 unspecified atom stereocenters. The van der Waals surface area contributed by atoms with Crippen LogP contribution in [0.15, 0.2) is 14.7 Å². The predicted molar refractivity (Wildman–Crippen MR) is 83.2 cm³/mol. The summed E-state index contributed by atoms with van der Waals surface area (Å²) >= 11 is 1.05. The number of carbonyl (C=O) groups is 1. The molecule has 0 spiro atoms. The van der Waals surface area contributed by atoms with Gasteiger partial charge in [0.15, 0.2) is 16.3 Å². The number of nitriles is 1. The largest absolute Gasteiger partial charge is 0.465 e. The van der Waals surface area contributed by atoms with Crippen molar-refractivity contribution >= 4 is 28.9 Å². The second kappa shape index (κ2) is 6.70. The Hall–Kier alpha value is -2.54. The number of imidazole rings is 1. The molecule has 2 heterocycles. The van der Waals surface area contributed by atoms with Crippen LogP contribution in [-0.4, -0.2) is 37.0 Å². The highest BCUT2D eigenvalue weighted by molar-refractivity contribution is 7.99. The lowest BCUT2D eigenvalue weighted by molar-refractivity contribution is -0.139. The molecule has 9 nitrogen and oxygen atoms in total. The molecule has 0 N–H and O–H groups in total. The number of thioether (sulfide) groups is 1. The van der Waals surface area contributed by atoms with Crippen LogP contribution in [0.5, 0.6) is 0 Å². The lowest BCUT2D eigenvalue weighted by Gasteiger charge is -2.05. The maximum absolute atomic E-state index is 12.3. The predicted octanol–water partition coefficient (Wildman–Crippen LogP) is -0.388. The molecule has 2 aromatic rings. The molecule has 23 heavy (non-hydrogen) atoms. The van der Waals surface area contributed by atoms with E-state index in [9.17, 15) is 14.4 Å². The number of hydrogen-bond donors (Lipinski definition) is 0. The van der Waals surface area contributed by atoms with E-state index in [2.05, 4.69) is 4.98 Å². The first-order valence-corrected chi connectivity index (χ1v) is 7.72.